The van der Waals surface area contributed by atoms with Gasteiger partial charge in [0.25, 0.3) is 0 Å². The normalized spacial score (nSPS) is 12.1. The van der Waals surface area contributed by atoms with E-state index in [1.165, 1.54) is 94.5 Å². The number of carbonyl (C=O) groups is 1. The summed E-state index contributed by atoms with van der Waals surface area (Å²) in [5, 5.41) is 16.5. The molecule has 2 N–H and O–H groups in total. The highest BCUT2D eigenvalue weighted by molar-refractivity contribution is 6.55. The molecule has 4 heterocycles. The van der Waals surface area contributed by atoms with E-state index in [1.54, 1.807) is 0 Å². The standard InChI is InChI=1S/C27H35N3.C26H27N.C21H20N2O2/c1-8-23-17-22(18-26(28-23)19(2)3)27(20-9-13-24(14-10-20)29(4)5)21-11-15-25(16-12-21)30(6)7;1-6-22-14-21(15-25(27-22)16(2)3)26-23-9-7-17(4)11-19(23)13-20-12-18(5)8-10-24(20)26;1-4-12-9-14(11(2)3)17-16(10-12)23-19(21(17)25)18-20(24)13-7-5-6-8-15(13)22-18/h9-19,27H,8H2,1-7H3;7-16H,6H2,1-5H3;5-11,22,24H,4H2,1-3H3. The number of H-pyrrole nitrogens is 1. The van der Waals surface area contributed by atoms with Gasteiger partial charge in [0, 0.05) is 79.2 Å². The number of aromatic amines is 1. The van der Waals surface area contributed by atoms with E-state index in [0.717, 1.165) is 36.0 Å². The van der Waals surface area contributed by atoms with Gasteiger partial charge in [-0.05, 0) is 184 Å². The molecular weight excluding hydrogens is 1000 g/mol. The average molecular weight is 1090 g/mol. The zero-order valence-electron chi connectivity index (χ0n) is 51.0. The van der Waals surface area contributed by atoms with Crippen molar-refractivity contribution < 1.29 is 9.90 Å². The monoisotopic (exact) mass is 1090 g/mol. The molecule has 0 radical (unpaired) electrons. The van der Waals surface area contributed by atoms with Gasteiger partial charge in [-0.15, -0.1) is 0 Å². The van der Waals surface area contributed by atoms with E-state index >= 15 is 0 Å². The first-order valence-electron chi connectivity index (χ1n) is 29.4. The maximum atomic E-state index is 13.1. The van der Waals surface area contributed by atoms with Gasteiger partial charge in [-0.2, -0.15) is 0 Å². The minimum atomic E-state index is -0.122. The van der Waals surface area contributed by atoms with E-state index in [4.69, 9.17) is 9.97 Å². The van der Waals surface area contributed by atoms with Gasteiger partial charge in [0.05, 0.1) is 11.3 Å². The third-order valence-corrected chi connectivity index (χ3v) is 15.9. The Balaban J connectivity index is 0.000000149. The van der Waals surface area contributed by atoms with Crippen molar-refractivity contribution >= 4 is 61.0 Å². The molecule has 0 atom stereocenters. The second-order valence-corrected chi connectivity index (χ2v) is 23.5. The third-order valence-electron chi connectivity index (χ3n) is 15.9. The summed E-state index contributed by atoms with van der Waals surface area (Å²) in [6, 6.07) is 54.5. The number of Topliss-reactive ketones (excluding diaryl/α,β-unsaturated/α-hetero) is 1. The van der Waals surface area contributed by atoms with Crippen molar-refractivity contribution in [1.82, 2.24) is 15.0 Å². The number of aromatic nitrogens is 3. The van der Waals surface area contributed by atoms with Crippen molar-refractivity contribution in [2.75, 3.05) is 38.0 Å². The highest BCUT2D eigenvalue weighted by Crippen LogP contribution is 2.41. The Morgan fingerprint density at radius 3 is 1.56 bits per heavy atom. The Labute approximate surface area is 487 Å². The Morgan fingerprint density at radius 2 is 1.06 bits per heavy atom. The van der Waals surface area contributed by atoms with Crippen LogP contribution in [0.15, 0.2) is 157 Å². The smallest absolute Gasteiger partial charge is 0.216 e. The van der Waals surface area contributed by atoms with Gasteiger partial charge in [-0.1, -0.05) is 152 Å². The van der Waals surface area contributed by atoms with Crippen molar-refractivity contribution in [3.63, 3.8) is 0 Å². The Hall–Kier alpha value is -8.36. The number of aryl methyl sites for hydroxylation is 5. The molecule has 0 saturated heterocycles. The van der Waals surface area contributed by atoms with E-state index in [0.29, 0.717) is 39.9 Å². The van der Waals surface area contributed by atoms with Crippen LogP contribution in [-0.2, 0) is 19.3 Å². The van der Waals surface area contributed by atoms with Crippen LogP contribution >= 0.6 is 0 Å². The lowest BCUT2D eigenvalue weighted by molar-refractivity contribution is 0.106. The summed E-state index contributed by atoms with van der Waals surface area (Å²) in [7, 11) is 8.32. The molecule has 1 aliphatic heterocycles. The summed E-state index contributed by atoms with van der Waals surface area (Å²) in [6.45, 7) is 23.8. The summed E-state index contributed by atoms with van der Waals surface area (Å²) in [4.78, 5) is 34.9. The fourth-order valence-electron chi connectivity index (χ4n) is 11.2. The highest BCUT2D eigenvalue weighted by atomic mass is 16.3. The molecular formula is C74H82N6O2. The van der Waals surface area contributed by atoms with Crippen LogP contribution in [0.5, 0.6) is 5.75 Å². The summed E-state index contributed by atoms with van der Waals surface area (Å²) >= 11 is 0. The molecule has 0 fully saturated rings. The number of para-hydroxylation sites is 1. The van der Waals surface area contributed by atoms with Crippen molar-refractivity contribution in [2.45, 2.75) is 119 Å². The average Bonchev–Trinajstić information content (AvgIpc) is 2.96. The Bertz CT molecular complexity index is 3860. The highest BCUT2D eigenvalue weighted by Gasteiger charge is 2.33. The van der Waals surface area contributed by atoms with Crippen molar-refractivity contribution in [3.8, 4) is 16.9 Å². The lowest BCUT2D eigenvalue weighted by Gasteiger charge is -2.23. The molecule has 420 valence electrons. The predicted octanol–water partition coefficient (Wildman–Crippen LogP) is 18.3. The summed E-state index contributed by atoms with van der Waals surface area (Å²) < 4.78 is 0. The molecule has 7 aromatic carbocycles. The number of pyridine rings is 2. The fraction of sp³-hybridized carbons (Fsp3) is 0.297. The molecule has 0 aliphatic carbocycles. The predicted molar refractivity (Wildman–Crippen MR) is 348 cm³/mol. The molecule has 10 aromatic rings. The molecule has 1 aliphatic rings. The summed E-state index contributed by atoms with van der Waals surface area (Å²) in [5.74, 6) is 1.20. The van der Waals surface area contributed by atoms with E-state index in [-0.39, 0.29) is 23.4 Å². The van der Waals surface area contributed by atoms with Gasteiger partial charge >= 0.3 is 0 Å². The largest absolute Gasteiger partial charge is 0.505 e. The van der Waals surface area contributed by atoms with Crippen LogP contribution in [0.4, 0.5) is 17.1 Å². The molecule has 0 bridgehead atoms. The minimum Gasteiger partial charge on any atom is -0.505 e. The third kappa shape index (κ3) is 12.3. The molecule has 8 heteroatoms. The van der Waals surface area contributed by atoms with Crippen molar-refractivity contribution in [1.29, 1.82) is 0 Å². The SMILES string of the molecule is CCc1cc(-c2c3ccc(C)cc3cc3cc(C)ccc23)cc(C(C)C)n1.CCc1cc(C(c2ccc(N(C)C)cc2)c2ccc(N(C)C)cc2)cc(C(C)C)n1.CCc1cc2c(c(C(C)C)c1)C(=O)C(c1[nH]c3ccccc3c1O)=N2. The van der Waals surface area contributed by atoms with Gasteiger partial charge in [-0.3, -0.25) is 14.8 Å². The Morgan fingerprint density at radius 1 is 0.524 bits per heavy atom. The maximum absolute atomic E-state index is 13.1. The van der Waals surface area contributed by atoms with Crippen LogP contribution < -0.4 is 9.80 Å². The Kier molecular flexibility index (Phi) is 17.6. The van der Waals surface area contributed by atoms with E-state index < -0.39 is 0 Å². The number of nitrogens with one attached hydrogen (secondary N) is 1. The molecule has 82 heavy (non-hydrogen) atoms. The number of hydrogen-bond donors (Lipinski definition) is 2. The molecule has 8 nitrogen and oxygen atoms in total. The molecule has 0 unspecified atom stereocenters. The topological polar surface area (TPSA) is 97.7 Å². The number of nitrogens with zero attached hydrogens (tertiary/aromatic N) is 5. The van der Waals surface area contributed by atoms with Crippen LogP contribution in [0.3, 0.4) is 0 Å². The van der Waals surface area contributed by atoms with Gasteiger partial charge in [0.15, 0.2) is 5.75 Å². The number of ketones is 1. The second kappa shape index (κ2) is 24.8. The maximum Gasteiger partial charge on any atom is 0.216 e. The second-order valence-electron chi connectivity index (χ2n) is 23.5. The van der Waals surface area contributed by atoms with E-state index in [1.807, 2.05) is 30.3 Å². The molecule has 0 amide bonds. The summed E-state index contributed by atoms with van der Waals surface area (Å²) in [6.07, 6.45) is 2.79. The first-order valence-corrected chi connectivity index (χ1v) is 29.4. The van der Waals surface area contributed by atoms with Crippen LogP contribution in [0.1, 0.15) is 164 Å². The molecule has 11 rings (SSSR count). The van der Waals surface area contributed by atoms with Gasteiger partial charge in [0.2, 0.25) is 5.78 Å². The number of rotatable bonds is 13. The van der Waals surface area contributed by atoms with Crippen LogP contribution in [0.2, 0.25) is 0 Å². The van der Waals surface area contributed by atoms with Gasteiger partial charge < -0.3 is 19.9 Å². The fourth-order valence-corrected chi connectivity index (χ4v) is 11.2. The zero-order chi connectivity index (χ0) is 58.7. The van der Waals surface area contributed by atoms with E-state index in [2.05, 4.69) is 245 Å². The number of fused-ring (bicyclic) bond motifs is 4. The number of hydrogen-bond acceptors (Lipinski definition) is 7. The molecule has 0 spiro atoms. The van der Waals surface area contributed by atoms with Gasteiger partial charge in [-0.25, -0.2) is 4.99 Å². The van der Waals surface area contributed by atoms with E-state index in [9.17, 15) is 9.90 Å². The number of carbonyl (C=O) groups excluding carboxylic acids is 1. The zero-order valence-corrected chi connectivity index (χ0v) is 51.0. The minimum absolute atomic E-state index is 0.0809. The summed E-state index contributed by atoms with van der Waals surface area (Å²) in [5.41, 5.74) is 21.3. The lowest BCUT2D eigenvalue weighted by atomic mass is 9.84. The number of benzene rings is 7. The molecule has 3 aromatic heterocycles. The van der Waals surface area contributed by atoms with Crippen molar-refractivity contribution in [2.24, 2.45) is 4.99 Å². The number of aromatic hydroxyl groups is 1. The quantitative estimate of drug-likeness (QED) is 0.112. The first-order chi connectivity index (χ1) is 39.3. The first kappa shape index (κ1) is 58.3. The van der Waals surface area contributed by atoms with Crippen LogP contribution in [0.25, 0.3) is 43.6 Å². The number of anilines is 2. The molecule has 0 saturated carbocycles. The lowest BCUT2D eigenvalue weighted by Crippen LogP contribution is -2.14. The van der Waals surface area contributed by atoms with Gasteiger partial charge in [0.1, 0.15) is 11.4 Å². The van der Waals surface area contributed by atoms with Crippen molar-refractivity contribution in [3.05, 3.63) is 225 Å². The van der Waals surface area contributed by atoms with Crippen LogP contribution in [0, 0.1) is 13.8 Å². The van der Waals surface area contributed by atoms with Crippen LogP contribution in [-0.4, -0.2) is 59.7 Å². The number of aliphatic imine (C=N–C) groups is 1.